The van der Waals surface area contributed by atoms with Crippen LogP contribution in [0.4, 0.5) is 5.69 Å². The van der Waals surface area contributed by atoms with Crippen molar-refractivity contribution in [3.8, 4) is 0 Å². The van der Waals surface area contributed by atoms with Crippen molar-refractivity contribution in [3.05, 3.63) is 29.8 Å². The first-order valence-electron chi connectivity index (χ1n) is 7.24. The molecule has 3 unspecified atom stereocenters. The SMILES string of the molecule is CC1CCC(C(=O)Nc2ccc(CO)cc2)C(C(=O)O)C1. The van der Waals surface area contributed by atoms with Crippen LogP contribution in [-0.2, 0) is 16.2 Å². The van der Waals surface area contributed by atoms with E-state index in [2.05, 4.69) is 5.32 Å². The number of carboxylic acid groups (broad SMARTS) is 1. The molecule has 5 heteroatoms. The van der Waals surface area contributed by atoms with Crippen molar-refractivity contribution in [1.82, 2.24) is 0 Å². The fraction of sp³-hybridized carbons (Fsp3) is 0.500. The quantitative estimate of drug-likeness (QED) is 0.794. The second-order valence-corrected chi connectivity index (χ2v) is 5.81. The van der Waals surface area contributed by atoms with Gasteiger partial charge in [-0.1, -0.05) is 19.1 Å². The average molecular weight is 291 g/mol. The molecular formula is C16H21NO4. The average Bonchev–Trinajstić information content (AvgIpc) is 2.47. The number of aliphatic hydroxyl groups excluding tert-OH is 1. The van der Waals surface area contributed by atoms with Crippen molar-refractivity contribution in [2.45, 2.75) is 32.8 Å². The van der Waals surface area contributed by atoms with E-state index in [-0.39, 0.29) is 12.5 Å². The molecule has 1 aromatic carbocycles. The standard InChI is InChI=1S/C16H21NO4/c1-10-2-7-13(14(8-10)16(20)21)15(19)17-12-5-3-11(9-18)4-6-12/h3-6,10,13-14,18H,2,7-9H2,1H3,(H,17,19)(H,20,21). The molecule has 0 heterocycles. The van der Waals surface area contributed by atoms with Crippen molar-refractivity contribution in [3.63, 3.8) is 0 Å². The zero-order chi connectivity index (χ0) is 15.4. The molecule has 5 nitrogen and oxygen atoms in total. The summed E-state index contributed by atoms with van der Waals surface area (Å²) in [5, 5.41) is 21.1. The maximum Gasteiger partial charge on any atom is 0.307 e. The van der Waals surface area contributed by atoms with E-state index in [1.807, 2.05) is 6.92 Å². The van der Waals surface area contributed by atoms with Gasteiger partial charge in [0.25, 0.3) is 0 Å². The molecule has 0 saturated heterocycles. The van der Waals surface area contributed by atoms with E-state index in [1.165, 1.54) is 0 Å². The number of rotatable bonds is 4. The summed E-state index contributed by atoms with van der Waals surface area (Å²) in [5.74, 6) is -1.86. The molecule has 21 heavy (non-hydrogen) atoms. The van der Waals surface area contributed by atoms with Gasteiger partial charge in [0.05, 0.1) is 18.4 Å². The zero-order valence-corrected chi connectivity index (χ0v) is 12.1. The van der Waals surface area contributed by atoms with Crippen LogP contribution in [0.2, 0.25) is 0 Å². The molecule has 1 aliphatic rings. The van der Waals surface area contributed by atoms with Crippen LogP contribution in [0.5, 0.6) is 0 Å². The van der Waals surface area contributed by atoms with E-state index < -0.39 is 17.8 Å². The smallest absolute Gasteiger partial charge is 0.307 e. The summed E-state index contributed by atoms with van der Waals surface area (Å²) in [6.07, 6.45) is 2.04. The van der Waals surface area contributed by atoms with Crippen molar-refractivity contribution in [2.75, 3.05) is 5.32 Å². The molecule has 1 fully saturated rings. The van der Waals surface area contributed by atoms with Crippen molar-refractivity contribution in [1.29, 1.82) is 0 Å². The van der Waals surface area contributed by atoms with Crippen LogP contribution in [0, 0.1) is 17.8 Å². The molecular weight excluding hydrogens is 270 g/mol. The van der Waals surface area contributed by atoms with Gasteiger partial charge in [0, 0.05) is 5.69 Å². The number of aliphatic carboxylic acids is 1. The van der Waals surface area contributed by atoms with Crippen LogP contribution in [0.15, 0.2) is 24.3 Å². The third-order valence-corrected chi connectivity index (χ3v) is 4.17. The Kier molecular flexibility index (Phi) is 4.96. The van der Waals surface area contributed by atoms with E-state index in [4.69, 9.17) is 5.11 Å². The Morgan fingerprint density at radius 2 is 1.86 bits per heavy atom. The van der Waals surface area contributed by atoms with Gasteiger partial charge in [0.15, 0.2) is 0 Å². The predicted octanol–water partition coefficient (Wildman–Crippen LogP) is 2.25. The third kappa shape index (κ3) is 3.82. The van der Waals surface area contributed by atoms with E-state index >= 15 is 0 Å². The molecule has 1 amide bonds. The number of anilines is 1. The largest absolute Gasteiger partial charge is 0.481 e. The van der Waals surface area contributed by atoms with Gasteiger partial charge in [-0.3, -0.25) is 9.59 Å². The van der Waals surface area contributed by atoms with Crippen LogP contribution in [0.1, 0.15) is 31.7 Å². The molecule has 0 spiro atoms. The highest BCUT2D eigenvalue weighted by Gasteiger charge is 2.38. The lowest BCUT2D eigenvalue weighted by atomic mass is 9.74. The summed E-state index contributed by atoms with van der Waals surface area (Å²) >= 11 is 0. The lowest BCUT2D eigenvalue weighted by Gasteiger charge is -2.31. The molecule has 3 atom stereocenters. The minimum Gasteiger partial charge on any atom is -0.481 e. The fourth-order valence-corrected chi connectivity index (χ4v) is 2.90. The van der Waals surface area contributed by atoms with Crippen LogP contribution in [0.3, 0.4) is 0 Å². The molecule has 1 aliphatic carbocycles. The van der Waals surface area contributed by atoms with Gasteiger partial charge < -0.3 is 15.5 Å². The number of hydrogen-bond donors (Lipinski definition) is 3. The van der Waals surface area contributed by atoms with Crippen LogP contribution in [0.25, 0.3) is 0 Å². The molecule has 0 radical (unpaired) electrons. The van der Waals surface area contributed by atoms with E-state index in [9.17, 15) is 14.7 Å². The first-order chi connectivity index (χ1) is 10.0. The summed E-state index contributed by atoms with van der Waals surface area (Å²) in [4.78, 5) is 23.7. The van der Waals surface area contributed by atoms with Gasteiger partial charge in [0.2, 0.25) is 5.91 Å². The number of carbonyl (C=O) groups is 2. The Balaban J connectivity index is 2.05. The van der Waals surface area contributed by atoms with E-state index in [1.54, 1.807) is 24.3 Å². The number of nitrogens with one attached hydrogen (secondary N) is 1. The van der Waals surface area contributed by atoms with Gasteiger partial charge in [0.1, 0.15) is 0 Å². The number of aliphatic hydroxyl groups is 1. The predicted molar refractivity (Wildman–Crippen MR) is 78.6 cm³/mol. The number of hydrogen-bond acceptors (Lipinski definition) is 3. The Morgan fingerprint density at radius 1 is 1.19 bits per heavy atom. The molecule has 0 aliphatic heterocycles. The molecule has 1 aromatic rings. The maximum absolute atomic E-state index is 12.3. The second kappa shape index (κ2) is 6.72. The third-order valence-electron chi connectivity index (χ3n) is 4.17. The fourth-order valence-electron chi connectivity index (χ4n) is 2.90. The Labute approximate surface area is 124 Å². The zero-order valence-electron chi connectivity index (χ0n) is 12.1. The minimum atomic E-state index is -0.891. The summed E-state index contributed by atoms with van der Waals surface area (Å²) in [6, 6.07) is 6.88. The van der Waals surface area contributed by atoms with Gasteiger partial charge in [-0.15, -0.1) is 0 Å². The lowest BCUT2D eigenvalue weighted by Crippen LogP contribution is -2.38. The van der Waals surface area contributed by atoms with Crippen molar-refractivity contribution >= 4 is 17.6 Å². The summed E-state index contributed by atoms with van der Waals surface area (Å²) in [5.41, 5.74) is 1.39. The van der Waals surface area contributed by atoms with Gasteiger partial charge in [-0.2, -0.15) is 0 Å². The Hall–Kier alpha value is -1.88. The van der Waals surface area contributed by atoms with Crippen LogP contribution >= 0.6 is 0 Å². The molecule has 0 bridgehead atoms. The Morgan fingerprint density at radius 3 is 2.43 bits per heavy atom. The molecule has 2 rings (SSSR count). The number of carboxylic acids is 1. The normalized spacial score (nSPS) is 25.3. The monoisotopic (exact) mass is 291 g/mol. The van der Waals surface area contributed by atoms with Gasteiger partial charge in [-0.05, 0) is 42.9 Å². The van der Waals surface area contributed by atoms with Gasteiger partial charge in [-0.25, -0.2) is 0 Å². The highest BCUT2D eigenvalue weighted by atomic mass is 16.4. The summed E-state index contributed by atoms with van der Waals surface area (Å²) < 4.78 is 0. The first kappa shape index (κ1) is 15.5. The summed E-state index contributed by atoms with van der Waals surface area (Å²) in [6.45, 7) is 1.98. The van der Waals surface area contributed by atoms with E-state index in [0.29, 0.717) is 24.4 Å². The van der Waals surface area contributed by atoms with Crippen LogP contribution < -0.4 is 5.32 Å². The van der Waals surface area contributed by atoms with Gasteiger partial charge >= 0.3 is 5.97 Å². The number of amides is 1. The van der Waals surface area contributed by atoms with Crippen molar-refractivity contribution < 1.29 is 19.8 Å². The maximum atomic E-state index is 12.3. The van der Waals surface area contributed by atoms with Crippen molar-refractivity contribution in [2.24, 2.45) is 17.8 Å². The molecule has 0 aromatic heterocycles. The second-order valence-electron chi connectivity index (χ2n) is 5.81. The van der Waals surface area contributed by atoms with Crippen LogP contribution in [-0.4, -0.2) is 22.1 Å². The molecule has 1 saturated carbocycles. The van der Waals surface area contributed by atoms with E-state index in [0.717, 1.165) is 12.0 Å². The number of benzene rings is 1. The molecule has 114 valence electrons. The lowest BCUT2D eigenvalue weighted by molar-refractivity contribution is -0.148. The topological polar surface area (TPSA) is 86.6 Å². The highest BCUT2D eigenvalue weighted by molar-refractivity contribution is 5.95. The summed E-state index contributed by atoms with van der Waals surface area (Å²) in [7, 11) is 0. The Bertz CT molecular complexity index is 512. The highest BCUT2D eigenvalue weighted by Crippen LogP contribution is 2.34. The molecule has 3 N–H and O–H groups in total. The number of carbonyl (C=O) groups excluding carboxylic acids is 1. The first-order valence-corrected chi connectivity index (χ1v) is 7.24. The minimum absolute atomic E-state index is 0.0458.